The van der Waals surface area contributed by atoms with Crippen molar-refractivity contribution in [1.82, 2.24) is 0 Å². The number of halogens is 1. The van der Waals surface area contributed by atoms with Crippen LogP contribution in [0.15, 0.2) is 29.3 Å². The molecule has 4 nitrogen and oxygen atoms in total. The molecule has 1 heterocycles. The van der Waals surface area contributed by atoms with E-state index >= 15 is 0 Å². The second kappa shape index (κ2) is 5.88. The predicted molar refractivity (Wildman–Crippen MR) is 101 cm³/mol. The summed E-state index contributed by atoms with van der Waals surface area (Å²) in [5.41, 5.74) is 5.15. The number of rotatable bonds is 5. The molecule has 1 aromatic rings. The van der Waals surface area contributed by atoms with E-state index in [0.29, 0.717) is 5.02 Å². The predicted octanol–water partition coefficient (Wildman–Crippen LogP) is 3.99. The van der Waals surface area contributed by atoms with E-state index in [0.717, 1.165) is 17.1 Å². The highest BCUT2D eigenvalue weighted by Crippen LogP contribution is 2.85. The Balaban J connectivity index is 2.21. The van der Waals surface area contributed by atoms with Gasteiger partial charge in [-0.3, -0.25) is 0 Å². The Morgan fingerprint density at radius 2 is 1.75 bits per heavy atom. The van der Waals surface area contributed by atoms with Crippen LogP contribution in [0.2, 0.25) is 5.02 Å². The van der Waals surface area contributed by atoms with E-state index in [-0.39, 0.29) is 11.8 Å². The van der Waals surface area contributed by atoms with Crippen molar-refractivity contribution in [3.05, 3.63) is 34.9 Å². The van der Waals surface area contributed by atoms with Crippen molar-refractivity contribution in [3.8, 4) is 12.1 Å². The van der Waals surface area contributed by atoms with Gasteiger partial charge in [-0.15, -0.1) is 23.5 Å². The Hall–Kier alpha value is -1.34. The molecule has 3 rings (SSSR count). The van der Waals surface area contributed by atoms with Gasteiger partial charge in [0.05, 0.1) is 12.1 Å². The first kappa shape index (κ1) is 17.5. The van der Waals surface area contributed by atoms with Crippen molar-refractivity contribution < 1.29 is 0 Å². The summed E-state index contributed by atoms with van der Waals surface area (Å²) in [6.45, 7) is 4.07. The van der Waals surface area contributed by atoms with Gasteiger partial charge >= 0.3 is 0 Å². The average Bonchev–Trinajstić information content (AvgIpc) is 3.15. The molecular formula is C17H17ClN4S2. The molecular weight excluding hydrogens is 360 g/mol. The van der Waals surface area contributed by atoms with Crippen molar-refractivity contribution in [2.24, 2.45) is 21.6 Å². The van der Waals surface area contributed by atoms with Gasteiger partial charge in [-0.1, -0.05) is 37.6 Å². The number of nitriles is 2. The molecule has 0 amide bonds. The molecule has 124 valence electrons. The first-order valence-electron chi connectivity index (χ1n) is 7.71. The number of fused-ring (bicyclic) bond motifs is 1. The third kappa shape index (κ3) is 1.85. The van der Waals surface area contributed by atoms with Crippen LogP contribution in [0, 0.1) is 33.5 Å². The molecule has 0 saturated heterocycles. The first-order chi connectivity index (χ1) is 11.5. The smallest absolute Gasteiger partial charge is 0.175 e. The number of nitrogens with two attached hydrogens (primary N) is 1. The van der Waals surface area contributed by atoms with E-state index in [1.54, 1.807) is 35.7 Å². The molecule has 0 aromatic heterocycles. The molecule has 3 atom stereocenters. The largest absolute Gasteiger partial charge is 0.386 e. The van der Waals surface area contributed by atoms with Gasteiger partial charge in [-0.25, -0.2) is 4.99 Å². The minimum atomic E-state index is -1.06. The lowest BCUT2D eigenvalue weighted by Crippen LogP contribution is -2.31. The van der Waals surface area contributed by atoms with Crippen LogP contribution in [0.4, 0.5) is 0 Å². The van der Waals surface area contributed by atoms with Gasteiger partial charge < -0.3 is 5.73 Å². The van der Waals surface area contributed by atoms with Crippen LogP contribution in [0.1, 0.15) is 25.3 Å². The van der Waals surface area contributed by atoms with E-state index in [1.165, 1.54) is 0 Å². The van der Waals surface area contributed by atoms with E-state index in [2.05, 4.69) is 17.1 Å². The highest BCUT2D eigenvalue weighted by atomic mass is 35.5. The molecule has 1 aliphatic heterocycles. The molecule has 24 heavy (non-hydrogen) atoms. The van der Waals surface area contributed by atoms with Gasteiger partial charge in [0.25, 0.3) is 0 Å². The standard InChI is InChI=1S/C17H17ClN4S2/c1-3-23-17(24-4-2)16(10-20)13(11-5-7-12(18)8-6-11)15(16,9-19)14(21)22-17/h5-8,13H,3-4H2,1-2H3,(H2,21,22). The second-order valence-electron chi connectivity index (χ2n) is 5.77. The Labute approximate surface area is 155 Å². The van der Waals surface area contributed by atoms with Gasteiger partial charge in [0.2, 0.25) is 0 Å². The summed E-state index contributed by atoms with van der Waals surface area (Å²) in [5, 5.41) is 20.8. The molecule has 3 unspecified atom stereocenters. The lowest BCUT2D eigenvalue weighted by atomic mass is 9.97. The Morgan fingerprint density at radius 1 is 1.17 bits per heavy atom. The third-order valence-corrected chi connectivity index (χ3v) is 7.96. The SMILES string of the molecule is CCSC1(SCC)N=C(N)C2(C#N)C(c3ccc(Cl)cc3)C12C#N. The van der Waals surface area contributed by atoms with E-state index in [1.807, 2.05) is 26.0 Å². The summed E-state index contributed by atoms with van der Waals surface area (Å²) in [6, 6.07) is 12.2. The van der Waals surface area contributed by atoms with Crippen LogP contribution >= 0.6 is 35.1 Å². The zero-order valence-electron chi connectivity index (χ0n) is 13.4. The highest BCUT2D eigenvalue weighted by Gasteiger charge is 2.91. The number of benzene rings is 1. The molecule has 0 radical (unpaired) electrons. The maximum Gasteiger partial charge on any atom is 0.175 e. The minimum absolute atomic E-state index is 0.284. The minimum Gasteiger partial charge on any atom is -0.386 e. The molecule has 2 aliphatic rings. The topological polar surface area (TPSA) is 86.0 Å². The molecule has 1 aromatic carbocycles. The lowest BCUT2D eigenvalue weighted by molar-refractivity contribution is 0.564. The fourth-order valence-electron chi connectivity index (χ4n) is 3.90. The summed E-state index contributed by atoms with van der Waals surface area (Å²) in [4.78, 5) is 4.66. The lowest BCUT2D eigenvalue weighted by Gasteiger charge is -2.31. The van der Waals surface area contributed by atoms with Gasteiger partial charge in [-0.05, 0) is 29.2 Å². The van der Waals surface area contributed by atoms with E-state index in [4.69, 9.17) is 17.3 Å². The van der Waals surface area contributed by atoms with Crippen LogP contribution in [0.3, 0.4) is 0 Å². The maximum atomic E-state index is 10.2. The fourth-order valence-corrected chi connectivity index (χ4v) is 7.28. The Kier molecular flexibility index (Phi) is 4.28. The van der Waals surface area contributed by atoms with Gasteiger partial charge in [0.15, 0.2) is 4.20 Å². The van der Waals surface area contributed by atoms with Crippen molar-refractivity contribution in [1.29, 1.82) is 10.5 Å². The fraction of sp³-hybridized carbons (Fsp3) is 0.471. The zero-order valence-corrected chi connectivity index (χ0v) is 15.8. The Morgan fingerprint density at radius 3 is 2.21 bits per heavy atom. The summed E-state index contributed by atoms with van der Waals surface area (Å²) >= 11 is 9.19. The molecule has 1 saturated carbocycles. The number of amidine groups is 1. The van der Waals surface area contributed by atoms with Crippen molar-refractivity contribution >= 4 is 41.0 Å². The number of hydrogen-bond donors (Lipinski definition) is 1. The molecule has 0 bridgehead atoms. The summed E-state index contributed by atoms with van der Waals surface area (Å²) in [7, 11) is 0. The van der Waals surface area contributed by atoms with Crippen molar-refractivity contribution in [2.75, 3.05) is 11.5 Å². The number of thioether (sulfide) groups is 2. The average molecular weight is 377 g/mol. The van der Waals surface area contributed by atoms with Crippen LogP contribution in [0.5, 0.6) is 0 Å². The second-order valence-corrected chi connectivity index (χ2v) is 9.38. The summed E-state index contributed by atoms with van der Waals surface area (Å²) in [5.74, 6) is 1.59. The number of nitrogens with zero attached hydrogens (tertiary/aromatic N) is 3. The van der Waals surface area contributed by atoms with Crippen LogP contribution in [-0.4, -0.2) is 21.5 Å². The van der Waals surface area contributed by atoms with Gasteiger partial charge in [-0.2, -0.15) is 10.5 Å². The number of aliphatic imine (C=N–C) groups is 1. The normalized spacial score (nSPS) is 32.4. The summed E-state index contributed by atoms with van der Waals surface area (Å²) < 4.78 is -0.741. The highest BCUT2D eigenvalue weighted by molar-refractivity contribution is 8.18. The monoisotopic (exact) mass is 376 g/mol. The molecule has 0 spiro atoms. The van der Waals surface area contributed by atoms with Gasteiger partial charge in [0, 0.05) is 10.9 Å². The van der Waals surface area contributed by atoms with E-state index < -0.39 is 15.0 Å². The maximum absolute atomic E-state index is 10.2. The molecule has 2 N–H and O–H groups in total. The van der Waals surface area contributed by atoms with Crippen molar-refractivity contribution in [2.45, 2.75) is 24.0 Å². The van der Waals surface area contributed by atoms with Crippen LogP contribution < -0.4 is 5.73 Å². The number of hydrogen-bond acceptors (Lipinski definition) is 6. The Bertz CT molecular complexity index is 773. The van der Waals surface area contributed by atoms with Crippen LogP contribution in [0.25, 0.3) is 0 Å². The van der Waals surface area contributed by atoms with Crippen molar-refractivity contribution in [3.63, 3.8) is 0 Å². The molecule has 1 fully saturated rings. The zero-order chi connectivity index (χ0) is 17.6. The van der Waals surface area contributed by atoms with E-state index in [9.17, 15) is 10.5 Å². The molecule has 7 heteroatoms. The quantitative estimate of drug-likeness (QED) is 0.785. The van der Waals surface area contributed by atoms with Crippen LogP contribution in [-0.2, 0) is 0 Å². The first-order valence-corrected chi connectivity index (χ1v) is 10.1. The van der Waals surface area contributed by atoms with Gasteiger partial charge in [0.1, 0.15) is 16.7 Å². The molecule has 1 aliphatic carbocycles. The summed E-state index contributed by atoms with van der Waals surface area (Å²) in [6.07, 6.45) is 0. The third-order valence-electron chi connectivity index (χ3n) is 4.81.